The summed E-state index contributed by atoms with van der Waals surface area (Å²) in [6, 6.07) is 15.1. The first-order valence-electron chi connectivity index (χ1n) is 6.60. The van der Waals surface area contributed by atoms with Crippen LogP contribution >= 0.6 is 23.4 Å². The van der Waals surface area contributed by atoms with Crippen molar-refractivity contribution in [2.24, 2.45) is 0 Å². The van der Waals surface area contributed by atoms with Gasteiger partial charge in [0.25, 0.3) is 5.89 Å². The average molecular weight is 333 g/mol. The number of nitrogens with zero attached hydrogens (tertiary/aromatic N) is 2. The van der Waals surface area contributed by atoms with Crippen molar-refractivity contribution in [2.45, 2.75) is 11.5 Å². The Hall–Kier alpha value is -1.98. The number of benzene rings is 2. The summed E-state index contributed by atoms with van der Waals surface area (Å²) in [5.41, 5.74) is 0.851. The van der Waals surface area contributed by atoms with E-state index in [-0.39, 0.29) is 6.61 Å². The van der Waals surface area contributed by atoms with Crippen molar-refractivity contribution in [3.05, 3.63) is 59.4 Å². The zero-order chi connectivity index (χ0) is 15.4. The van der Waals surface area contributed by atoms with E-state index >= 15 is 0 Å². The molecule has 0 saturated heterocycles. The van der Waals surface area contributed by atoms with Gasteiger partial charge in [0.1, 0.15) is 5.75 Å². The van der Waals surface area contributed by atoms with E-state index in [4.69, 9.17) is 20.9 Å². The van der Waals surface area contributed by atoms with Crippen LogP contribution in [0.25, 0.3) is 11.4 Å². The lowest BCUT2D eigenvalue weighted by Crippen LogP contribution is -1.95. The molecule has 4 nitrogen and oxygen atoms in total. The van der Waals surface area contributed by atoms with Crippen LogP contribution in [0.15, 0.2) is 57.9 Å². The van der Waals surface area contributed by atoms with Crippen LogP contribution in [0.1, 0.15) is 5.89 Å². The summed E-state index contributed by atoms with van der Waals surface area (Å²) in [6.07, 6.45) is 2.03. The van der Waals surface area contributed by atoms with Gasteiger partial charge in [0.05, 0.1) is 0 Å². The number of aromatic nitrogens is 2. The summed E-state index contributed by atoms with van der Waals surface area (Å²) in [5.74, 6) is 1.72. The van der Waals surface area contributed by atoms with Gasteiger partial charge in [-0.3, -0.25) is 0 Å². The molecule has 3 rings (SSSR count). The fourth-order valence-electron chi connectivity index (χ4n) is 1.85. The van der Waals surface area contributed by atoms with Gasteiger partial charge >= 0.3 is 0 Å². The zero-order valence-corrected chi connectivity index (χ0v) is 13.4. The molecule has 0 bridgehead atoms. The third-order valence-electron chi connectivity index (χ3n) is 2.99. The Labute approximate surface area is 137 Å². The molecule has 0 aliphatic carbocycles. The predicted molar refractivity (Wildman–Crippen MR) is 87.3 cm³/mol. The Kier molecular flexibility index (Phi) is 4.65. The Morgan fingerprint density at radius 3 is 2.50 bits per heavy atom. The van der Waals surface area contributed by atoms with E-state index < -0.39 is 0 Å². The maximum Gasteiger partial charge on any atom is 0.264 e. The number of rotatable bonds is 5. The quantitative estimate of drug-likeness (QED) is 0.634. The van der Waals surface area contributed by atoms with Gasteiger partial charge in [-0.15, -0.1) is 11.8 Å². The van der Waals surface area contributed by atoms with Gasteiger partial charge in [-0.1, -0.05) is 16.8 Å². The summed E-state index contributed by atoms with van der Waals surface area (Å²) in [6.45, 7) is 0.235. The molecule has 0 aliphatic rings. The van der Waals surface area contributed by atoms with Crippen molar-refractivity contribution in [1.29, 1.82) is 0 Å². The minimum atomic E-state index is 0.235. The molecule has 22 heavy (non-hydrogen) atoms. The van der Waals surface area contributed by atoms with E-state index in [0.717, 1.165) is 11.3 Å². The maximum absolute atomic E-state index is 5.86. The van der Waals surface area contributed by atoms with E-state index in [1.165, 1.54) is 4.90 Å². The molecule has 0 aliphatic heterocycles. The molecule has 1 aromatic heterocycles. The topological polar surface area (TPSA) is 48.2 Å². The van der Waals surface area contributed by atoms with Gasteiger partial charge < -0.3 is 9.26 Å². The third-order valence-corrected chi connectivity index (χ3v) is 3.99. The van der Waals surface area contributed by atoms with E-state index in [2.05, 4.69) is 10.1 Å². The summed E-state index contributed by atoms with van der Waals surface area (Å²) >= 11 is 7.55. The summed E-state index contributed by atoms with van der Waals surface area (Å²) < 4.78 is 10.8. The summed E-state index contributed by atoms with van der Waals surface area (Å²) in [4.78, 5) is 5.50. The highest BCUT2D eigenvalue weighted by Gasteiger charge is 2.09. The second kappa shape index (κ2) is 6.85. The first-order chi connectivity index (χ1) is 10.7. The highest BCUT2D eigenvalue weighted by molar-refractivity contribution is 7.98. The van der Waals surface area contributed by atoms with Gasteiger partial charge in [-0.2, -0.15) is 4.98 Å². The molecule has 0 radical (unpaired) electrons. The van der Waals surface area contributed by atoms with Crippen LogP contribution < -0.4 is 4.74 Å². The highest BCUT2D eigenvalue weighted by Crippen LogP contribution is 2.21. The predicted octanol–water partition coefficient (Wildman–Crippen LogP) is 4.69. The molecule has 0 spiro atoms. The second-order valence-electron chi connectivity index (χ2n) is 4.48. The van der Waals surface area contributed by atoms with Crippen LogP contribution in [0.2, 0.25) is 5.02 Å². The molecule has 0 atom stereocenters. The van der Waals surface area contributed by atoms with Crippen molar-refractivity contribution in [2.75, 3.05) is 6.26 Å². The largest absolute Gasteiger partial charge is 0.484 e. The molecule has 3 aromatic rings. The van der Waals surface area contributed by atoms with Crippen LogP contribution in [-0.4, -0.2) is 16.4 Å². The van der Waals surface area contributed by atoms with Crippen LogP contribution in [0.4, 0.5) is 0 Å². The van der Waals surface area contributed by atoms with Crippen molar-refractivity contribution in [1.82, 2.24) is 10.1 Å². The lowest BCUT2D eigenvalue weighted by Gasteiger charge is -2.03. The van der Waals surface area contributed by atoms with Crippen LogP contribution in [0.3, 0.4) is 0 Å². The van der Waals surface area contributed by atoms with Crippen molar-refractivity contribution in [3.63, 3.8) is 0 Å². The number of ether oxygens (including phenoxy) is 1. The van der Waals surface area contributed by atoms with Crippen LogP contribution in [0, 0.1) is 0 Å². The normalized spacial score (nSPS) is 10.6. The van der Waals surface area contributed by atoms with Crippen LogP contribution in [0.5, 0.6) is 5.75 Å². The van der Waals surface area contributed by atoms with E-state index in [1.54, 1.807) is 23.9 Å². The van der Waals surface area contributed by atoms with Gasteiger partial charge in [-0.25, -0.2) is 0 Å². The number of hydrogen-bond acceptors (Lipinski definition) is 5. The monoisotopic (exact) mass is 332 g/mol. The van der Waals surface area contributed by atoms with Gasteiger partial charge in [0, 0.05) is 15.5 Å². The molecule has 0 unspecified atom stereocenters. The lowest BCUT2D eigenvalue weighted by atomic mass is 10.2. The lowest BCUT2D eigenvalue weighted by molar-refractivity contribution is 0.243. The molecule has 0 fully saturated rings. The molecule has 0 amide bonds. The van der Waals surface area contributed by atoms with Crippen molar-refractivity contribution < 1.29 is 9.26 Å². The minimum Gasteiger partial charge on any atom is -0.484 e. The molecule has 0 saturated carbocycles. The van der Waals surface area contributed by atoms with E-state index in [0.29, 0.717) is 16.7 Å². The standard InChI is InChI=1S/C16H13ClN2O2S/c1-22-14-8-6-13(7-9-14)20-10-15-18-16(19-21-15)11-2-4-12(17)5-3-11/h2-9H,10H2,1H3. The summed E-state index contributed by atoms with van der Waals surface area (Å²) in [7, 11) is 0. The average Bonchev–Trinajstić information content (AvgIpc) is 3.03. The molecular weight excluding hydrogens is 320 g/mol. The van der Waals surface area contributed by atoms with Gasteiger partial charge in [0.2, 0.25) is 5.82 Å². The Morgan fingerprint density at radius 2 is 1.82 bits per heavy atom. The van der Waals surface area contributed by atoms with Gasteiger partial charge in [-0.05, 0) is 54.8 Å². The Bertz CT molecular complexity index is 742. The van der Waals surface area contributed by atoms with Gasteiger partial charge in [0.15, 0.2) is 6.61 Å². The van der Waals surface area contributed by atoms with E-state index in [9.17, 15) is 0 Å². The SMILES string of the molecule is CSc1ccc(OCc2nc(-c3ccc(Cl)cc3)no2)cc1. The first kappa shape index (κ1) is 14.9. The molecule has 1 heterocycles. The Morgan fingerprint density at radius 1 is 1.09 bits per heavy atom. The third kappa shape index (κ3) is 3.61. The number of thioether (sulfide) groups is 1. The fourth-order valence-corrected chi connectivity index (χ4v) is 2.38. The molecule has 0 N–H and O–H groups in total. The van der Waals surface area contributed by atoms with Crippen LogP contribution in [-0.2, 0) is 6.61 Å². The van der Waals surface area contributed by atoms with Crippen molar-refractivity contribution in [3.8, 4) is 17.1 Å². The molecule has 6 heteroatoms. The highest BCUT2D eigenvalue weighted by atomic mass is 35.5. The fraction of sp³-hybridized carbons (Fsp3) is 0.125. The van der Waals surface area contributed by atoms with E-state index in [1.807, 2.05) is 42.7 Å². The second-order valence-corrected chi connectivity index (χ2v) is 5.80. The maximum atomic E-state index is 5.86. The number of halogens is 1. The summed E-state index contributed by atoms with van der Waals surface area (Å²) in [5, 5.41) is 4.61. The molecule has 112 valence electrons. The first-order valence-corrected chi connectivity index (χ1v) is 8.20. The Balaban J connectivity index is 1.65. The minimum absolute atomic E-state index is 0.235. The zero-order valence-electron chi connectivity index (χ0n) is 11.8. The number of hydrogen-bond donors (Lipinski definition) is 0. The molecular formula is C16H13ClN2O2S. The van der Waals surface area contributed by atoms with Crippen molar-refractivity contribution >= 4 is 23.4 Å². The smallest absolute Gasteiger partial charge is 0.264 e. The molecule has 2 aromatic carbocycles.